The minimum absolute atomic E-state index is 0.0448. The van der Waals surface area contributed by atoms with Crippen molar-refractivity contribution in [1.29, 1.82) is 0 Å². The zero-order chi connectivity index (χ0) is 21.5. The Morgan fingerprint density at radius 3 is 2.70 bits per heavy atom. The van der Waals surface area contributed by atoms with Crippen molar-refractivity contribution in [3.63, 3.8) is 0 Å². The Balaban J connectivity index is 1.54. The molecule has 2 N–H and O–H groups in total. The van der Waals surface area contributed by atoms with E-state index in [1.54, 1.807) is 12.2 Å². The maximum Gasteiger partial charge on any atom is 0.158 e. The molecule has 2 saturated heterocycles. The van der Waals surface area contributed by atoms with Crippen molar-refractivity contribution in [2.45, 2.75) is 63.0 Å². The van der Waals surface area contributed by atoms with Crippen LogP contribution in [0.4, 0.5) is 0 Å². The van der Waals surface area contributed by atoms with Crippen LogP contribution in [0.1, 0.15) is 31.7 Å². The molecule has 1 unspecified atom stereocenters. The number of allylic oxidation sites excluding steroid dienone is 1. The molecule has 7 nitrogen and oxygen atoms in total. The lowest BCUT2D eigenvalue weighted by Gasteiger charge is -2.46. The molecule has 0 radical (unpaired) electrons. The highest BCUT2D eigenvalue weighted by Crippen LogP contribution is 2.30. The van der Waals surface area contributed by atoms with Crippen molar-refractivity contribution in [2.75, 3.05) is 13.2 Å². The highest BCUT2D eigenvalue weighted by atomic mass is 16.7. The van der Waals surface area contributed by atoms with Gasteiger partial charge in [-0.15, -0.1) is 0 Å². The van der Waals surface area contributed by atoms with Crippen LogP contribution >= 0.6 is 0 Å². The summed E-state index contributed by atoms with van der Waals surface area (Å²) in [4.78, 5) is 12.4. The van der Waals surface area contributed by atoms with E-state index < -0.39 is 36.8 Å². The van der Waals surface area contributed by atoms with Crippen LogP contribution in [0.3, 0.4) is 0 Å². The summed E-state index contributed by atoms with van der Waals surface area (Å²) >= 11 is 0. The summed E-state index contributed by atoms with van der Waals surface area (Å²) in [6, 6.07) is 7.30. The molecule has 1 aromatic rings. The summed E-state index contributed by atoms with van der Waals surface area (Å²) in [6.45, 7) is 6.31. The van der Waals surface area contributed by atoms with Gasteiger partial charge in [-0.3, -0.25) is 4.79 Å². The number of carbonyl (C=O) groups excluding carboxylic acids is 1. The topological polar surface area (TPSA) is 94.5 Å². The molecule has 2 heterocycles. The molecule has 2 fully saturated rings. The van der Waals surface area contributed by atoms with Crippen LogP contribution in [0.5, 0.6) is 5.75 Å². The Labute approximate surface area is 176 Å². The lowest BCUT2D eigenvalue weighted by atomic mass is 9.91. The van der Waals surface area contributed by atoms with Gasteiger partial charge in [-0.05, 0) is 30.2 Å². The third-order valence-corrected chi connectivity index (χ3v) is 5.18. The van der Waals surface area contributed by atoms with E-state index in [9.17, 15) is 15.0 Å². The van der Waals surface area contributed by atoms with Gasteiger partial charge >= 0.3 is 0 Å². The van der Waals surface area contributed by atoms with Crippen LogP contribution in [0.2, 0.25) is 0 Å². The van der Waals surface area contributed by atoms with E-state index >= 15 is 0 Å². The Hall–Kier alpha value is -2.03. The minimum Gasteiger partial charge on any atom is -0.490 e. The van der Waals surface area contributed by atoms with Crippen LogP contribution in [0.25, 0.3) is 6.08 Å². The second kappa shape index (κ2) is 10.8. The summed E-state index contributed by atoms with van der Waals surface area (Å²) in [5, 5.41) is 20.9. The number of benzene rings is 1. The van der Waals surface area contributed by atoms with Crippen LogP contribution in [-0.4, -0.2) is 66.0 Å². The van der Waals surface area contributed by atoms with E-state index in [1.165, 1.54) is 6.08 Å². The van der Waals surface area contributed by atoms with E-state index in [0.29, 0.717) is 13.0 Å². The number of carbonyl (C=O) groups is 1. The fourth-order valence-electron chi connectivity index (χ4n) is 3.58. The van der Waals surface area contributed by atoms with Gasteiger partial charge < -0.3 is 29.2 Å². The van der Waals surface area contributed by atoms with E-state index in [4.69, 9.17) is 18.9 Å². The molecule has 3 rings (SSSR count). The number of fused-ring (bicyclic) bond motifs is 1. The molecule has 0 aromatic heterocycles. The number of hydrogen-bond acceptors (Lipinski definition) is 7. The highest BCUT2D eigenvalue weighted by Gasteiger charge is 2.48. The SMILES string of the molecule is C=CCOc1ccc(/C=C/C(=O)C[C@@H]2O[C@@H]3COC(CCC)O[C@H]3[C@H](O)[C@H]2O)cc1. The van der Waals surface area contributed by atoms with Crippen LogP contribution in [0.15, 0.2) is 43.0 Å². The number of rotatable bonds is 9. The molecular weight excluding hydrogens is 388 g/mol. The first-order valence-electron chi connectivity index (χ1n) is 10.3. The van der Waals surface area contributed by atoms with Gasteiger partial charge in [-0.1, -0.05) is 44.2 Å². The molecule has 0 saturated carbocycles. The molecule has 0 aliphatic carbocycles. The van der Waals surface area contributed by atoms with E-state index in [0.717, 1.165) is 17.7 Å². The molecule has 164 valence electrons. The van der Waals surface area contributed by atoms with Crippen molar-refractivity contribution < 1.29 is 34.0 Å². The summed E-state index contributed by atoms with van der Waals surface area (Å²) < 4.78 is 22.6. The van der Waals surface area contributed by atoms with E-state index in [2.05, 4.69) is 6.58 Å². The summed E-state index contributed by atoms with van der Waals surface area (Å²) in [7, 11) is 0. The Morgan fingerprint density at radius 1 is 1.23 bits per heavy atom. The Morgan fingerprint density at radius 2 is 2.00 bits per heavy atom. The number of hydrogen-bond donors (Lipinski definition) is 2. The molecule has 2 aliphatic rings. The molecule has 0 amide bonds. The standard InChI is InChI=1S/C23H30O7/c1-3-5-20-28-14-19-23(30-20)22(26)21(25)18(29-19)13-16(24)9-6-15-7-10-17(11-8-15)27-12-4-2/h4,6-11,18-23,25-26H,2-3,5,12-14H2,1H3/b9-6+/t18-,19+,20?,21-,22+,23+/m0/s1. The molecule has 0 bridgehead atoms. The lowest BCUT2D eigenvalue weighted by Crippen LogP contribution is -2.62. The summed E-state index contributed by atoms with van der Waals surface area (Å²) in [5.74, 6) is 0.511. The van der Waals surface area contributed by atoms with Crippen LogP contribution in [-0.2, 0) is 19.0 Å². The first kappa shape index (κ1) is 22.7. The number of aliphatic hydroxyl groups is 2. The first-order chi connectivity index (χ1) is 14.5. The molecule has 30 heavy (non-hydrogen) atoms. The molecular formula is C23H30O7. The van der Waals surface area contributed by atoms with Crippen LogP contribution < -0.4 is 4.74 Å². The molecule has 7 heteroatoms. The van der Waals surface area contributed by atoms with Crippen LogP contribution in [0, 0.1) is 0 Å². The summed E-state index contributed by atoms with van der Waals surface area (Å²) in [5.41, 5.74) is 0.843. The van der Waals surface area contributed by atoms with Gasteiger partial charge in [0.15, 0.2) is 12.1 Å². The Kier molecular flexibility index (Phi) is 8.18. The van der Waals surface area contributed by atoms with E-state index in [-0.39, 0.29) is 18.8 Å². The average molecular weight is 418 g/mol. The van der Waals surface area contributed by atoms with Crippen molar-refractivity contribution in [1.82, 2.24) is 0 Å². The normalized spacial score (nSPS) is 31.3. The maximum absolute atomic E-state index is 12.4. The zero-order valence-corrected chi connectivity index (χ0v) is 17.2. The highest BCUT2D eigenvalue weighted by molar-refractivity contribution is 5.93. The van der Waals surface area contributed by atoms with Crippen molar-refractivity contribution in [2.24, 2.45) is 0 Å². The van der Waals surface area contributed by atoms with Gasteiger partial charge in [0.2, 0.25) is 0 Å². The number of aliphatic hydroxyl groups excluding tert-OH is 2. The second-order valence-electron chi connectivity index (χ2n) is 7.52. The van der Waals surface area contributed by atoms with Crippen molar-refractivity contribution >= 4 is 11.9 Å². The molecule has 6 atom stereocenters. The number of ketones is 1. The zero-order valence-electron chi connectivity index (χ0n) is 17.2. The third-order valence-electron chi connectivity index (χ3n) is 5.18. The predicted molar refractivity (Wildman–Crippen MR) is 111 cm³/mol. The van der Waals surface area contributed by atoms with Crippen molar-refractivity contribution in [3.8, 4) is 5.75 Å². The predicted octanol–water partition coefficient (Wildman–Crippen LogP) is 2.25. The maximum atomic E-state index is 12.4. The third kappa shape index (κ3) is 5.77. The smallest absolute Gasteiger partial charge is 0.158 e. The first-order valence-corrected chi connectivity index (χ1v) is 10.3. The average Bonchev–Trinajstić information content (AvgIpc) is 2.76. The molecule has 2 aliphatic heterocycles. The largest absolute Gasteiger partial charge is 0.490 e. The second-order valence-corrected chi connectivity index (χ2v) is 7.52. The minimum atomic E-state index is -1.20. The molecule has 0 spiro atoms. The van der Waals surface area contributed by atoms with Gasteiger partial charge in [0, 0.05) is 6.42 Å². The van der Waals surface area contributed by atoms with Gasteiger partial charge in [0.1, 0.15) is 36.8 Å². The van der Waals surface area contributed by atoms with E-state index in [1.807, 2.05) is 31.2 Å². The lowest BCUT2D eigenvalue weighted by molar-refractivity contribution is -0.325. The van der Waals surface area contributed by atoms with Gasteiger partial charge in [-0.2, -0.15) is 0 Å². The monoisotopic (exact) mass is 418 g/mol. The summed E-state index contributed by atoms with van der Waals surface area (Å²) in [6.07, 6.45) is 1.63. The molecule has 1 aromatic carbocycles. The van der Waals surface area contributed by atoms with Gasteiger partial charge in [0.25, 0.3) is 0 Å². The quantitative estimate of drug-likeness (QED) is 0.469. The fraction of sp³-hybridized carbons (Fsp3) is 0.522. The number of ether oxygens (including phenoxy) is 4. The van der Waals surface area contributed by atoms with Gasteiger partial charge in [-0.25, -0.2) is 0 Å². The fourth-order valence-corrected chi connectivity index (χ4v) is 3.58. The van der Waals surface area contributed by atoms with Crippen molar-refractivity contribution in [3.05, 3.63) is 48.6 Å². The Bertz CT molecular complexity index is 728. The van der Waals surface area contributed by atoms with Gasteiger partial charge in [0.05, 0.1) is 12.7 Å².